The van der Waals surface area contributed by atoms with Crippen LogP contribution in [0.4, 0.5) is 0 Å². The summed E-state index contributed by atoms with van der Waals surface area (Å²) in [5.74, 6) is 0.620. The molecule has 0 fully saturated rings. The van der Waals surface area contributed by atoms with Gasteiger partial charge in [0.2, 0.25) is 5.89 Å². The van der Waals surface area contributed by atoms with Gasteiger partial charge in [-0.15, -0.1) is 0 Å². The molecule has 0 saturated carbocycles. The van der Waals surface area contributed by atoms with E-state index in [1.54, 1.807) is 0 Å². The lowest BCUT2D eigenvalue weighted by atomic mass is 9.81. The molecule has 19 aromatic rings. The Bertz CT molecular complexity index is 7450. The molecule has 5 heteroatoms. The number of pyridine rings is 2. The molecule has 0 bridgehead atoms. The van der Waals surface area contributed by atoms with Crippen LogP contribution in [-0.4, -0.2) is 15.0 Å². The summed E-state index contributed by atoms with van der Waals surface area (Å²) in [6, 6.07) is 126. The predicted molar refractivity (Wildman–Crippen MR) is 485 cm³/mol. The van der Waals surface area contributed by atoms with Gasteiger partial charge in [0.05, 0.1) is 34.1 Å². The van der Waals surface area contributed by atoms with Gasteiger partial charge in [-0.25, -0.2) is 15.0 Å². The molecule has 16 aromatic carbocycles. The number of nitriles is 1. The van der Waals surface area contributed by atoms with E-state index in [0.29, 0.717) is 11.5 Å². The number of rotatable bonds is 8. The summed E-state index contributed by atoms with van der Waals surface area (Å²) in [5.41, 5.74) is 42.0. The Morgan fingerprint density at radius 2 is 0.530 bits per heavy atom. The fourth-order valence-corrected chi connectivity index (χ4v) is 20.2. The van der Waals surface area contributed by atoms with Crippen LogP contribution in [0.2, 0.25) is 0 Å². The second kappa shape index (κ2) is 25.9. The van der Waals surface area contributed by atoms with Crippen molar-refractivity contribution in [3.8, 4) is 140 Å². The van der Waals surface area contributed by atoms with Gasteiger partial charge in [0, 0.05) is 59.9 Å². The van der Waals surface area contributed by atoms with Crippen molar-refractivity contribution in [2.45, 2.75) is 77.0 Å². The van der Waals surface area contributed by atoms with Gasteiger partial charge in [-0.05, 0) is 240 Å². The van der Waals surface area contributed by atoms with Crippen LogP contribution in [0.15, 0.2) is 344 Å². The maximum absolute atomic E-state index is 9.37. The van der Waals surface area contributed by atoms with E-state index >= 15 is 0 Å². The lowest BCUT2D eigenvalue weighted by Crippen LogP contribution is -2.15. The molecule has 0 saturated heterocycles. The molecule has 0 amide bonds. The summed E-state index contributed by atoms with van der Waals surface area (Å²) in [6.45, 7) is 18.8. The van der Waals surface area contributed by atoms with E-state index in [0.717, 1.165) is 105 Å². The number of aromatic nitrogens is 3. The summed E-state index contributed by atoms with van der Waals surface area (Å²) in [5, 5.41) is 16.3. The van der Waals surface area contributed by atoms with Crippen LogP contribution in [0.25, 0.3) is 189 Å². The quantitative estimate of drug-likeness (QED) is 0.142. The molecule has 5 nitrogen and oxygen atoms in total. The van der Waals surface area contributed by atoms with Gasteiger partial charge in [0.25, 0.3) is 0 Å². The van der Waals surface area contributed by atoms with Gasteiger partial charge in [-0.2, -0.15) is 5.26 Å². The minimum Gasteiger partial charge on any atom is -0.436 e. The number of nitrogens with zero attached hydrogens (tertiary/aromatic N) is 4. The molecule has 4 aliphatic carbocycles. The molecular formula is C112H80N4O. The SMILES string of the molecule is CC1(C)c2ccccc2-c2ccc(-c3cc(-c4ccc(-c5ccc(C#N)cc5)cc4)c4cc(-c5ccc6c(c5)C(C)(C)c5ccccc5-6)c5ccccc5c4n3)cc21.CC1(C)c2ccccc2-c2ccc(-c3cc(-c4ccc(-c5nc6ccccc6o5)cc4)c4cc(-c5ccc6c(c5)C(C)(C)c5ccccc5-6)c5ccccc5c4n3)cc21. The number of para-hydroxylation sites is 2. The van der Waals surface area contributed by atoms with E-state index in [1.807, 2.05) is 48.5 Å². The summed E-state index contributed by atoms with van der Waals surface area (Å²) in [6.07, 6.45) is 0. The molecule has 0 spiro atoms. The largest absolute Gasteiger partial charge is 0.436 e. The number of fused-ring (bicyclic) bond motifs is 19. The van der Waals surface area contributed by atoms with E-state index in [9.17, 15) is 5.26 Å². The molecule has 0 atom stereocenters. The summed E-state index contributed by atoms with van der Waals surface area (Å²) in [4.78, 5) is 16.0. The Morgan fingerprint density at radius 3 is 0.923 bits per heavy atom. The number of hydrogen-bond donors (Lipinski definition) is 0. The maximum Gasteiger partial charge on any atom is 0.227 e. The maximum atomic E-state index is 9.37. The monoisotopic (exact) mass is 1500 g/mol. The van der Waals surface area contributed by atoms with Crippen LogP contribution in [0.5, 0.6) is 0 Å². The molecular weight excluding hydrogens is 1420 g/mol. The molecule has 117 heavy (non-hydrogen) atoms. The average Bonchev–Trinajstić information content (AvgIpc) is 1.26. The summed E-state index contributed by atoms with van der Waals surface area (Å²) >= 11 is 0. The molecule has 0 radical (unpaired) electrons. The zero-order valence-electron chi connectivity index (χ0n) is 66.5. The van der Waals surface area contributed by atoms with Crippen LogP contribution in [0.3, 0.4) is 0 Å². The van der Waals surface area contributed by atoms with Crippen LogP contribution < -0.4 is 0 Å². The highest BCUT2D eigenvalue weighted by atomic mass is 16.3. The Morgan fingerprint density at radius 1 is 0.231 bits per heavy atom. The first-order valence-corrected chi connectivity index (χ1v) is 40.7. The second-order valence-corrected chi connectivity index (χ2v) is 34.4. The molecule has 0 unspecified atom stereocenters. The van der Waals surface area contributed by atoms with Gasteiger partial charge in [0.1, 0.15) is 5.52 Å². The standard InChI is InChI=1S/C56H40N2O.C56H40N2/c1-55(2)46-17-9-7-14-38(46)40-27-25-35(29-48(40)55)43-31-45-44(33-21-23-34(24-22-33)54-58-50-19-11-12-20-52(50)59-54)32-51(57-53(45)42-16-6-5-13-37(42)43)36-26-28-41-39-15-8-10-18-47(39)56(3,4)49(41)30-36;1-55(2)49-15-9-7-12-41(49)43-27-25-38(29-51(43)55)46-31-48-47(37-23-21-36(22-24-37)35-19-17-34(33-57)18-20-35)32-53(58-54(48)45-14-6-5-11-40(45)46)39-26-28-44-42-13-8-10-16-50(42)56(3,4)52(44)30-39/h5-32H,1-4H3;5-32H,1-4H3. The van der Waals surface area contributed by atoms with E-state index in [-0.39, 0.29) is 21.7 Å². The van der Waals surface area contributed by atoms with Crippen molar-refractivity contribution >= 4 is 54.5 Å². The minimum atomic E-state index is -0.116. The summed E-state index contributed by atoms with van der Waals surface area (Å²) in [7, 11) is 0. The highest BCUT2D eigenvalue weighted by molar-refractivity contribution is 6.18. The van der Waals surface area contributed by atoms with Gasteiger partial charge in [-0.1, -0.05) is 310 Å². The molecule has 3 aromatic heterocycles. The predicted octanol–water partition coefficient (Wildman–Crippen LogP) is 29.4. The zero-order valence-corrected chi connectivity index (χ0v) is 66.5. The van der Waals surface area contributed by atoms with Crippen LogP contribution in [0, 0.1) is 11.3 Å². The highest BCUT2D eigenvalue weighted by Gasteiger charge is 2.40. The van der Waals surface area contributed by atoms with Crippen LogP contribution in [-0.2, 0) is 21.7 Å². The Labute approximate surface area is 681 Å². The highest BCUT2D eigenvalue weighted by Crippen LogP contribution is 2.56. The Kier molecular flexibility index (Phi) is 15.4. The zero-order chi connectivity index (χ0) is 79.0. The lowest BCUT2D eigenvalue weighted by molar-refractivity contribution is 0.620. The minimum absolute atomic E-state index is 0.0985. The first kappa shape index (κ1) is 69.5. The average molecular weight is 1500 g/mol. The molecule has 554 valence electrons. The van der Waals surface area contributed by atoms with Crippen molar-refractivity contribution in [2.24, 2.45) is 0 Å². The van der Waals surface area contributed by atoms with E-state index in [1.165, 1.54) is 122 Å². The van der Waals surface area contributed by atoms with E-state index < -0.39 is 0 Å². The molecule has 3 heterocycles. The topological polar surface area (TPSA) is 75.6 Å². The fraction of sp³-hybridized carbons (Fsp3) is 0.107. The first-order chi connectivity index (χ1) is 56.9. The summed E-state index contributed by atoms with van der Waals surface area (Å²) < 4.78 is 6.18. The van der Waals surface area contributed by atoms with Crippen molar-refractivity contribution in [1.29, 1.82) is 5.26 Å². The van der Waals surface area contributed by atoms with Gasteiger partial charge < -0.3 is 4.42 Å². The smallest absolute Gasteiger partial charge is 0.227 e. The fourth-order valence-electron chi connectivity index (χ4n) is 20.2. The molecule has 23 rings (SSSR count). The molecule has 0 N–H and O–H groups in total. The molecule has 0 aliphatic heterocycles. The van der Waals surface area contributed by atoms with E-state index in [4.69, 9.17) is 19.4 Å². The van der Waals surface area contributed by atoms with E-state index in [2.05, 4.69) is 353 Å². The third-order valence-electron chi connectivity index (χ3n) is 26.5. The van der Waals surface area contributed by atoms with Crippen molar-refractivity contribution in [3.63, 3.8) is 0 Å². The van der Waals surface area contributed by atoms with Crippen LogP contribution in [0.1, 0.15) is 105 Å². The van der Waals surface area contributed by atoms with Gasteiger partial charge in [0.15, 0.2) is 5.58 Å². The number of benzene rings is 16. The van der Waals surface area contributed by atoms with Gasteiger partial charge >= 0.3 is 0 Å². The second-order valence-electron chi connectivity index (χ2n) is 34.4. The Balaban J connectivity index is 0.000000142. The lowest BCUT2D eigenvalue weighted by Gasteiger charge is -2.22. The van der Waals surface area contributed by atoms with Crippen LogP contribution >= 0.6 is 0 Å². The van der Waals surface area contributed by atoms with Gasteiger partial charge in [-0.3, -0.25) is 0 Å². The van der Waals surface area contributed by atoms with Crippen molar-refractivity contribution in [1.82, 2.24) is 15.0 Å². The van der Waals surface area contributed by atoms with Crippen molar-refractivity contribution in [2.75, 3.05) is 0 Å². The van der Waals surface area contributed by atoms with Crippen molar-refractivity contribution < 1.29 is 4.42 Å². The normalized spacial score (nSPS) is 14.2. The third-order valence-corrected chi connectivity index (χ3v) is 26.5. The third kappa shape index (κ3) is 10.8. The first-order valence-electron chi connectivity index (χ1n) is 40.7. The number of oxazole rings is 1. The Hall–Kier alpha value is -14.2. The molecule has 4 aliphatic rings. The number of hydrogen-bond acceptors (Lipinski definition) is 5. The van der Waals surface area contributed by atoms with Crippen molar-refractivity contribution in [3.05, 3.63) is 390 Å².